The van der Waals surface area contributed by atoms with Crippen LogP contribution in [-0.4, -0.2) is 14.7 Å². The van der Waals surface area contributed by atoms with Crippen molar-refractivity contribution in [1.82, 2.24) is 0 Å². The Bertz CT molecular complexity index is 468. The standard InChI is InChI=1S/C7H9BrO7P2/c8-7-3-1-6(2-4-7)5-14-17(12,13)15-16(9,10)11/h1-4H,5H2,(H,12,13)(H2,9,10,11). The van der Waals surface area contributed by atoms with Gasteiger partial charge in [-0.3, -0.25) is 4.52 Å². The normalized spacial score (nSPS) is 15.5. The molecule has 1 atom stereocenters. The van der Waals surface area contributed by atoms with Crippen LogP contribution in [0.2, 0.25) is 0 Å². The van der Waals surface area contributed by atoms with E-state index in [2.05, 4.69) is 24.8 Å². The van der Waals surface area contributed by atoms with E-state index in [0.717, 1.165) is 4.47 Å². The molecule has 0 aliphatic heterocycles. The summed E-state index contributed by atoms with van der Waals surface area (Å²) in [5, 5.41) is 0. The van der Waals surface area contributed by atoms with Crippen molar-refractivity contribution in [2.24, 2.45) is 0 Å². The fraction of sp³-hybridized carbons (Fsp3) is 0.143. The van der Waals surface area contributed by atoms with Gasteiger partial charge in [0.1, 0.15) is 0 Å². The van der Waals surface area contributed by atoms with Crippen molar-refractivity contribution in [3.05, 3.63) is 34.3 Å². The Morgan fingerprint density at radius 2 is 1.65 bits per heavy atom. The zero-order valence-corrected chi connectivity index (χ0v) is 11.6. The van der Waals surface area contributed by atoms with Gasteiger partial charge in [-0.1, -0.05) is 28.1 Å². The zero-order chi connectivity index (χ0) is 13.1. The molecule has 0 aliphatic rings. The second-order valence-electron chi connectivity index (χ2n) is 2.94. The molecule has 0 radical (unpaired) electrons. The van der Waals surface area contributed by atoms with E-state index in [4.69, 9.17) is 14.7 Å². The SMILES string of the molecule is O=P(O)(O)OP(=O)(O)OCc1ccc(Br)cc1. The number of halogens is 1. The Kier molecular flexibility index (Phi) is 5.07. The lowest BCUT2D eigenvalue weighted by atomic mass is 10.2. The quantitative estimate of drug-likeness (QED) is 0.700. The fourth-order valence-corrected chi connectivity index (χ4v) is 2.74. The lowest BCUT2D eigenvalue weighted by Gasteiger charge is -2.12. The molecule has 0 saturated heterocycles. The number of rotatable bonds is 5. The third-order valence-corrected chi connectivity index (χ3v) is 4.18. The van der Waals surface area contributed by atoms with E-state index in [-0.39, 0.29) is 6.61 Å². The van der Waals surface area contributed by atoms with E-state index >= 15 is 0 Å². The van der Waals surface area contributed by atoms with E-state index in [9.17, 15) is 9.13 Å². The Hall–Kier alpha value is -0.0400. The van der Waals surface area contributed by atoms with Crippen LogP contribution in [0.3, 0.4) is 0 Å². The number of hydrogen-bond donors (Lipinski definition) is 3. The van der Waals surface area contributed by atoms with Gasteiger partial charge in [0.15, 0.2) is 0 Å². The van der Waals surface area contributed by atoms with Crippen molar-refractivity contribution in [3.63, 3.8) is 0 Å². The fourth-order valence-electron chi connectivity index (χ4n) is 0.895. The highest BCUT2D eigenvalue weighted by Crippen LogP contribution is 2.57. The molecule has 1 unspecified atom stereocenters. The van der Waals surface area contributed by atoms with Gasteiger partial charge >= 0.3 is 15.6 Å². The van der Waals surface area contributed by atoms with Crippen molar-refractivity contribution in [1.29, 1.82) is 0 Å². The van der Waals surface area contributed by atoms with Crippen LogP contribution in [0.1, 0.15) is 5.56 Å². The van der Waals surface area contributed by atoms with Crippen molar-refractivity contribution < 1.29 is 32.6 Å². The number of phosphoric ester groups is 1. The zero-order valence-electron chi connectivity index (χ0n) is 8.26. The maximum absolute atomic E-state index is 11.1. The first kappa shape index (κ1) is 15.0. The van der Waals surface area contributed by atoms with Crippen LogP contribution in [0.4, 0.5) is 0 Å². The molecule has 96 valence electrons. The smallest absolute Gasteiger partial charge is 0.302 e. The molecule has 0 aromatic heterocycles. The van der Waals surface area contributed by atoms with Crippen LogP contribution in [-0.2, 0) is 24.6 Å². The van der Waals surface area contributed by atoms with Gasteiger partial charge in [-0.15, -0.1) is 0 Å². The average molecular weight is 347 g/mol. The third-order valence-electron chi connectivity index (χ3n) is 1.52. The molecule has 0 saturated carbocycles. The Balaban J connectivity index is 2.58. The lowest BCUT2D eigenvalue weighted by Crippen LogP contribution is -1.94. The summed E-state index contributed by atoms with van der Waals surface area (Å²) >= 11 is 3.20. The molecule has 3 N–H and O–H groups in total. The molecule has 0 spiro atoms. The molecule has 0 fully saturated rings. The predicted molar refractivity (Wildman–Crippen MR) is 61.9 cm³/mol. The number of phosphoric acid groups is 2. The molecule has 10 heteroatoms. The van der Waals surface area contributed by atoms with E-state index in [1.165, 1.54) is 0 Å². The lowest BCUT2D eigenvalue weighted by molar-refractivity contribution is 0.172. The van der Waals surface area contributed by atoms with E-state index in [0.29, 0.717) is 5.56 Å². The predicted octanol–water partition coefficient (Wildman–Crippen LogP) is 2.18. The summed E-state index contributed by atoms with van der Waals surface area (Å²) in [5.74, 6) is 0. The third kappa shape index (κ3) is 6.45. The van der Waals surface area contributed by atoms with Gasteiger partial charge in [-0.25, -0.2) is 9.13 Å². The average Bonchev–Trinajstić information content (AvgIpc) is 2.13. The van der Waals surface area contributed by atoms with Crippen LogP contribution in [0.25, 0.3) is 0 Å². The highest BCUT2D eigenvalue weighted by Gasteiger charge is 2.32. The first-order chi connectivity index (χ1) is 7.68. The van der Waals surface area contributed by atoms with Crippen molar-refractivity contribution in [3.8, 4) is 0 Å². The van der Waals surface area contributed by atoms with Crippen LogP contribution >= 0.6 is 31.6 Å². The van der Waals surface area contributed by atoms with Gasteiger partial charge in [0, 0.05) is 4.47 Å². The molecule has 1 aromatic carbocycles. The van der Waals surface area contributed by atoms with Gasteiger partial charge in [0.25, 0.3) is 0 Å². The molecular formula is C7H9BrO7P2. The summed E-state index contributed by atoms with van der Waals surface area (Å²) in [6, 6.07) is 6.60. The van der Waals surface area contributed by atoms with Gasteiger partial charge in [-0.2, -0.15) is 4.31 Å². The monoisotopic (exact) mass is 346 g/mol. The van der Waals surface area contributed by atoms with Crippen LogP contribution in [0, 0.1) is 0 Å². The van der Waals surface area contributed by atoms with Crippen molar-refractivity contribution >= 4 is 31.6 Å². The summed E-state index contributed by atoms with van der Waals surface area (Å²) in [5.41, 5.74) is 0.553. The Labute approximate surface area is 105 Å². The number of benzene rings is 1. The summed E-state index contributed by atoms with van der Waals surface area (Å²) in [4.78, 5) is 25.7. The summed E-state index contributed by atoms with van der Waals surface area (Å²) in [6.45, 7) is -0.305. The largest absolute Gasteiger partial charge is 0.481 e. The van der Waals surface area contributed by atoms with E-state index in [1.54, 1.807) is 24.3 Å². The molecule has 17 heavy (non-hydrogen) atoms. The minimum Gasteiger partial charge on any atom is -0.302 e. The van der Waals surface area contributed by atoms with Crippen LogP contribution < -0.4 is 0 Å². The topological polar surface area (TPSA) is 113 Å². The van der Waals surface area contributed by atoms with Gasteiger partial charge in [0.05, 0.1) is 6.61 Å². The summed E-state index contributed by atoms with van der Waals surface area (Å²) in [7, 11) is -9.83. The minimum absolute atomic E-state index is 0.305. The van der Waals surface area contributed by atoms with Gasteiger partial charge in [0.2, 0.25) is 0 Å². The highest BCUT2D eigenvalue weighted by molar-refractivity contribution is 9.10. The first-order valence-corrected chi connectivity index (χ1v) is 7.98. The second kappa shape index (κ2) is 5.73. The molecule has 0 heterocycles. The maximum Gasteiger partial charge on any atom is 0.481 e. The Morgan fingerprint density at radius 3 is 2.12 bits per heavy atom. The van der Waals surface area contributed by atoms with Crippen LogP contribution in [0.15, 0.2) is 28.7 Å². The molecule has 0 aliphatic carbocycles. The van der Waals surface area contributed by atoms with E-state index in [1.807, 2.05) is 0 Å². The highest BCUT2D eigenvalue weighted by atomic mass is 79.9. The second-order valence-corrected chi connectivity index (χ2v) is 6.69. The molecule has 0 amide bonds. The maximum atomic E-state index is 11.1. The van der Waals surface area contributed by atoms with Crippen molar-refractivity contribution in [2.75, 3.05) is 0 Å². The molecule has 1 aromatic rings. The Morgan fingerprint density at radius 1 is 1.12 bits per heavy atom. The molecule has 7 nitrogen and oxygen atoms in total. The summed E-state index contributed by atoms with van der Waals surface area (Å²) in [6.07, 6.45) is 0. The van der Waals surface area contributed by atoms with Gasteiger partial charge in [-0.05, 0) is 17.7 Å². The first-order valence-electron chi connectivity index (χ1n) is 4.17. The summed E-state index contributed by atoms with van der Waals surface area (Å²) < 4.78 is 30.3. The van der Waals surface area contributed by atoms with Crippen LogP contribution in [0.5, 0.6) is 0 Å². The number of hydrogen-bond acceptors (Lipinski definition) is 4. The molecular weight excluding hydrogens is 338 g/mol. The molecule has 1 rings (SSSR count). The van der Waals surface area contributed by atoms with Gasteiger partial charge < -0.3 is 14.7 Å². The van der Waals surface area contributed by atoms with Crippen molar-refractivity contribution in [2.45, 2.75) is 6.61 Å². The molecule has 0 bridgehead atoms. The minimum atomic E-state index is -5.06. The van der Waals surface area contributed by atoms with E-state index < -0.39 is 15.6 Å².